The van der Waals surface area contributed by atoms with Crippen LogP contribution in [0.5, 0.6) is 0 Å². The third-order valence-electron chi connectivity index (χ3n) is 3.56. The van der Waals surface area contributed by atoms with Gasteiger partial charge in [-0.2, -0.15) is 0 Å². The minimum absolute atomic E-state index is 0.290. The number of carboxylic acid groups (broad SMARTS) is 1. The number of hydrogen-bond acceptors (Lipinski definition) is 2. The van der Waals surface area contributed by atoms with Crippen molar-refractivity contribution < 1.29 is 9.90 Å². The molecule has 1 aliphatic heterocycles. The molecule has 0 aliphatic carbocycles. The standard InChI is InChI=1S/C14H18BrNO2/c1-10-8-12(3-4-13(10)15)16-7-6-11(9-16)2-5-14(17)18/h3-4,8,11H,2,5-7,9H2,1H3,(H,17,18). The third kappa shape index (κ3) is 3.25. The fourth-order valence-corrected chi connectivity index (χ4v) is 2.70. The number of nitrogens with zero attached hydrogens (tertiary/aromatic N) is 1. The highest BCUT2D eigenvalue weighted by Crippen LogP contribution is 2.29. The van der Waals surface area contributed by atoms with Crippen molar-refractivity contribution >= 4 is 27.6 Å². The highest BCUT2D eigenvalue weighted by Gasteiger charge is 2.23. The zero-order valence-electron chi connectivity index (χ0n) is 10.5. The largest absolute Gasteiger partial charge is 0.481 e. The summed E-state index contributed by atoms with van der Waals surface area (Å²) in [5.74, 6) is -0.169. The summed E-state index contributed by atoms with van der Waals surface area (Å²) in [6.45, 7) is 4.10. The fourth-order valence-electron chi connectivity index (χ4n) is 2.46. The topological polar surface area (TPSA) is 40.5 Å². The molecule has 1 fully saturated rings. The second-order valence-electron chi connectivity index (χ2n) is 4.97. The van der Waals surface area contributed by atoms with Crippen LogP contribution in [-0.4, -0.2) is 24.2 Å². The summed E-state index contributed by atoms with van der Waals surface area (Å²) in [6, 6.07) is 6.38. The van der Waals surface area contributed by atoms with Gasteiger partial charge in [-0.25, -0.2) is 0 Å². The molecule has 0 radical (unpaired) electrons. The lowest BCUT2D eigenvalue weighted by Crippen LogP contribution is -2.19. The van der Waals surface area contributed by atoms with E-state index in [1.165, 1.54) is 11.3 Å². The summed E-state index contributed by atoms with van der Waals surface area (Å²) < 4.78 is 1.13. The number of benzene rings is 1. The molecule has 1 saturated heterocycles. The molecular weight excluding hydrogens is 294 g/mol. The van der Waals surface area contributed by atoms with Crippen LogP contribution in [0.2, 0.25) is 0 Å². The Morgan fingerprint density at radius 1 is 1.56 bits per heavy atom. The van der Waals surface area contributed by atoms with Crippen LogP contribution in [0.1, 0.15) is 24.8 Å². The van der Waals surface area contributed by atoms with E-state index in [4.69, 9.17) is 5.11 Å². The van der Waals surface area contributed by atoms with Crippen molar-refractivity contribution in [2.45, 2.75) is 26.2 Å². The van der Waals surface area contributed by atoms with Gasteiger partial charge < -0.3 is 10.0 Å². The molecule has 3 nitrogen and oxygen atoms in total. The predicted molar refractivity (Wildman–Crippen MR) is 76.1 cm³/mol. The van der Waals surface area contributed by atoms with Crippen LogP contribution in [-0.2, 0) is 4.79 Å². The highest BCUT2D eigenvalue weighted by molar-refractivity contribution is 9.10. The van der Waals surface area contributed by atoms with Gasteiger partial charge in [0.15, 0.2) is 0 Å². The summed E-state index contributed by atoms with van der Waals surface area (Å²) >= 11 is 3.51. The second kappa shape index (κ2) is 5.74. The van der Waals surface area contributed by atoms with E-state index in [0.717, 1.165) is 30.4 Å². The van der Waals surface area contributed by atoms with Crippen molar-refractivity contribution in [2.75, 3.05) is 18.0 Å². The molecule has 0 spiro atoms. The molecule has 1 heterocycles. The van der Waals surface area contributed by atoms with E-state index in [1.807, 2.05) is 0 Å². The van der Waals surface area contributed by atoms with Crippen molar-refractivity contribution in [1.29, 1.82) is 0 Å². The number of aryl methyl sites for hydroxylation is 1. The highest BCUT2D eigenvalue weighted by atomic mass is 79.9. The zero-order valence-corrected chi connectivity index (χ0v) is 12.1. The predicted octanol–water partition coefficient (Wildman–Crippen LogP) is 3.45. The molecule has 1 aromatic rings. The van der Waals surface area contributed by atoms with E-state index in [0.29, 0.717) is 5.92 Å². The van der Waals surface area contributed by atoms with Gasteiger partial charge in [0.05, 0.1) is 0 Å². The SMILES string of the molecule is Cc1cc(N2CCC(CCC(=O)O)C2)ccc1Br. The molecule has 1 aliphatic rings. The lowest BCUT2D eigenvalue weighted by Gasteiger charge is -2.19. The summed E-state index contributed by atoms with van der Waals surface area (Å²) in [7, 11) is 0. The average molecular weight is 312 g/mol. The van der Waals surface area contributed by atoms with Crippen LogP contribution < -0.4 is 4.90 Å². The van der Waals surface area contributed by atoms with Gasteiger partial charge in [-0.05, 0) is 49.4 Å². The number of carbonyl (C=O) groups is 1. The van der Waals surface area contributed by atoms with Crippen LogP contribution in [0.15, 0.2) is 22.7 Å². The van der Waals surface area contributed by atoms with Crippen LogP contribution in [0.3, 0.4) is 0 Å². The molecule has 1 atom stereocenters. The van der Waals surface area contributed by atoms with Crippen molar-refractivity contribution in [3.8, 4) is 0 Å². The molecule has 0 bridgehead atoms. The molecule has 1 unspecified atom stereocenters. The van der Waals surface area contributed by atoms with Crippen LogP contribution >= 0.6 is 15.9 Å². The molecule has 1 N–H and O–H groups in total. The Kier molecular flexibility index (Phi) is 4.27. The first-order valence-electron chi connectivity index (χ1n) is 6.29. The first-order valence-corrected chi connectivity index (χ1v) is 7.08. The number of rotatable bonds is 4. The van der Waals surface area contributed by atoms with Gasteiger partial charge in [0.25, 0.3) is 0 Å². The molecule has 4 heteroatoms. The molecule has 2 rings (SSSR count). The second-order valence-corrected chi connectivity index (χ2v) is 5.82. The van der Waals surface area contributed by atoms with E-state index in [2.05, 4.69) is 46.0 Å². The van der Waals surface area contributed by atoms with E-state index in [-0.39, 0.29) is 6.42 Å². The van der Waals surface area contributed by atoms with Gasteiger partial charge in [-0.1, -0.05) is 15.9 Å². The molecule has 98 valence electrons. The van der Waals surface area contributed by atoms with Gasteiger partial charge in [0, 0.05) is 29.7 Å². The molecule has 1 aromatic carbocycles. The van der Waals surface area contributed by atoms with Crippen LogP contribution in [0.25, 0.3) is 0 Å². The summed E-state index contributed by atoms with van der Waals surface area (Å²) in [5.41, 5.74) is 2.48. The van der Waals surface area contributed by atoms with E-state index >= 15 is 0 Å². The van der Waals surface area contributed by atoms with Crippen molar-refractivity contribution in [2.24, 2.45) is 5.92 Å². The van der Waals surface area contributed by atoms with E-state index < -0.39 is 5.97 Å². The number of anilines is 1. The van der Waals surface area contributed by atoms with Gasteiger partial charge >= 0.3 is 5.97 Å². The fraction of sp³-hybridized carbons (Fsp3) is 0.500. The van der Waals surface area contributed by atoms with Gasteiger partial charge in [-0.15, -0.1) is 0 Å². The van der Waals surface area contributed by atoms with Gasteiger partial charge in [0.1, 0.15) is 0 Å². The maximum absolute atomic E-state index is 10.6. The van der Waals surface area contributed by atoms with Crippen molar-refractivity contribution in [3.63, 3.8) is 0 Å². The van der Waals surface area contributed by atoms with Crippen molar-refractivity contribution in [1.82, 2.24) is 0 Å². The first-order chi connectivity index (χ1) is 8.56. The molecular formula is C14H18BrNO2. The Bertz CT molecular complexity index is 447. The Morgan fingerprint density at radius 3 is 3.00 bits per heavy atom. The monoisotopic (exact) mass is 311 g/mol. The molecule has 0 amide bonds. The smallest absolute Gasteiger partial charge is 0.303 e. The van der Waals surface area contributed by atoms with Crippen molar-refractivity contribution in [3.05, 3.63) is 28.2 Å². The quantitative estimate of drug-likeness (QED) is 0.926. The average Bonchev–Trinajstić information content (AvgIpc) is 2.79. The maximum Gasteiger partial charge on any atom is 0.303 e. The molecule has 0 saturated carbocycles. The maximum atomic E-state index is 10.6. The summed E-state index contributed by atoms with van der Waals surface area (Å²) in [6.07, 6.45) is 2.18. The molecule has 0 aromatic heterocycles. The summed E-state index contributed by atoms with van der Waals surface area (Å²) in [5, 5.41) is 8.70. The Balaban J connectivity index is 1.95. The number of hydrogen-bond donors (Lipinski definition) is 1. The minimum Gasteiger partial charge on any atom is -0.481 e. The van der Waals surface area contributed by atoms with Gasteiger partial charge in [0.2, 0.25) is 0 Å². The lowest BCUT2D eigenvalue weighted by molar-refractivity contribution is -0.137. The Morgan fingerprint density at radius 2 is 2.33 bits per heavy atom. The Labute approximate surface area is 116 Å². The number of halogens is 1. The minimum atomic E-state index is -0.687. The number of aliphatic carboxylic acids is 1. The summed E-state index contributed by atoms with van der Waals surface area (Å²) in [4.78, 5) is 12.9. The normalized spacial score (nSPS) is 19.2. The van der Waals surface area contributed by atoms with Crippen LogP contribution in [0, 0.1) is 12.8 Å². The first kappa shape index (κ1) is 13.4. The van der Waals surface area contributed by atoms with Gasteiger partial charge in [-0.3, -0.25) is 4.79 Å². The third-order valence-corrected chi connectivity index (χ3v) is 4.45. The molecule has 18 heavy (non-hydrogen) atoms. The number of carboxylic acids is 1. The van der Waals surface area contributed by atoms with Crippen LogP contribution in [0.4, 0.5) is 5.69 Å². The van der Waals surface area contributed by atoms with E-state index in [9.17, 15) is 4.79 Å². The Hall–Kier alpha value is -1.03. The van der Waals surface area contributed by atoms with E-state index in [1.54, 1.807) is 0 Å². The lowest BCUT2D eigenvalue weighted by atomic mass is 10.0. The zero-order chi connectivity index (χ0) is 13.1.